The van der Waals surface area contributed by atoms with Gasteiger partial charge in [0.15, 0.2) is 0 Å². The molecule has 0 saturated carbocycles. The summed E-state index contributed by atoms with van der Waals surface area (Å²) in [6.45, 7) is 0.978. The molecule has 23 heavy (non-hydrogen) atoms. The first-order chi connectivity index (χ1) is 10.9. The molecule has 1 unspecified atom stereocenters. The largest absolute Gasteiger partial charge is 0.497 e. The minimum atomic E-state index is -2.69. The van der Waals surface area contributed by atoms with Gasteiger partial charge in [-0.25, -0.2) is 4.79 Å². The maximum atomic E-state index is 15.3. The molecular formula is C16H19FN2O4. The van der Waals surface area contributed by atoms with Gasteiger partial charge in [0.25, 0.3) is 0 Å². The number of rotatable bonds is 2. The van der Waals surface area contributed by atoms with Crippen LogP contribution in [0.1, 0.15) is 18.4 Å². The van der Waals surface area contributed by atoms with Gasteiger partial charge in [0.1, 0.15) is 5.75 Å². The van der Waals surface area contributed by atoms with Crippen molar-refractivity contribution in [2.75, 3.05) is 32.1 Å². The second-order valence-corrected chi connectivity index (χ2v) is 5.83. The quantitative estimate of drug-likeness (QED) is 0.837. The topological polar surface area (TPSA) is 59.1 Å². The average Bonchev–Trinajstić information content (AvgIpc) is 3.04. The first-order valence-corrected chi connectivity index (χ1v) is 7.56. The van der Waals surface area contributed by atoms with Crippen molar-refractivity contribution < 1.29 is 23.5 Å². The maximum Gasteiger partial charge on any atom is 0.417 e. The Kier molecular flexibility index (Phi) is 3.87. The number of halogens is 1. The Morgan fingerprint density at radius 1 is 1.35 bits per heavy atom. The first-order valence-electron chi connectivity index (χ1n) is 7.56. The van der Waals surface area contributed by atoms with Crippen LogP contribution in [0.3, 0.4) is 0 Å². The summed E-state index contributed by atoms with van der Waals surface area (Å²) in [5, 5.41) is 0. The van der Waals surface area contributed by atoms with E-state index < -0.39 is 17.9 Å². The molecule has 2 heterocycles. The number of carbonyl (C=O) groups excluding carboxylic acids is 2. The summed E-state index contributed by atoms with van der Waals surface area (Å²) in [7, 11) is 2.99. The molecule has 1 atom stereocenters. The average molecular weight is 322 g/mol. The number of amides is 2. The smallest absolute Gasteiger partial charge is 0.417 e. The molecule has 1 aromatic rings. The molecule has 3 rings (SSSR count). The molecule has 0 bridgehead atoms. The van der Waals surface area contributed by atoms with Gasteiger partial charge in [-0.2, -0.15) is 4.39 Å². The summed E-state index contributed by atoms with van der Waals surface area (Å²) in [5.41, 5.74) is 0.997. The van der Waals surface area contributed by atoms with E-state index in [0.717, 1.165) is 12.8 Å². The fourth-order valence-electron chi connectivity index (χ4n) is 3.02. The Hall–Kier alpha value is -2.31. The minimum absolute atomic E-state index is 0.328. The summed E-state index contributed by atoms with van der Waals surface area (Å²) in [6.07, 6.45) is 0.453. The van der Waals surface area contributed by atoms with Crippen LogP contribution in [0.4, 0.5) is 14.9 Å². The Balaban J connectivity index is 1.99. The first kappa shape index (κ1) is 15.6. The van der Waals surface area contributed by atoms with Crippen LogP contribution in [-0.2, 0) is 16.0 Å². The molecule has 2 amide bonds. The number of nitrogens with zero attached hydrogens (tertiary/aromatic N) is 2. The molecule has 1 aromatic carbocycles. The Morgan fingerprint density at radius 2 is 2.04 bits per heavy atom. The van der Waals surface area contributed by atoms with Crippen molar-refractivity contribution >= 4 is 17.7 Å². The lowest BCUT2D eigenvalue weighted by Gasteiger charge is -2.27. The van der Waals surface area contributed by atoms with Crippen LogP contribution >= 0.6 is 0 Å². The molecule has 0 aromatic heterocycles. The number of hydrogen-bond acceptors (Lipinski definition) is 4. The fraction of sp³-hybridized carbons (Fsp3) is 0.500. The summed E-state index contributed by atoms with van der Waals surface area (Å²) in [6, 6.07) is 4.96. The Morgan fingerprint density at radius 3 is 2.70 bits per heavy atom. The number of anilines is 1. The van der Waals surface area contributed by atoms with Crippen molar-refractivity contribution in [2.24, 2.45) is 0 Å². The van der Waals surface area contributed by atoms with Gasteiger partial charge in [-0.3, -0.25) is 9.69 Å². The lowest BCUT2D eigenvalue weighted by atomic mass is 10.0. The maximum absolute atomic E-state index is 15.3. The van der Waals surface area contributed by atoms with E-state index in [4.69, 9.17) is 9.47 Å². The molecule has 0 N–H and O–H groups in total. The lowest BCUT2D eigenvalue weighted by molar-refractivity contribution is -0.170. The van der Waals surface area contributed by atoms with Crippen LogP contribution < -0.4 is 9.64 Å². The highest BCUT2D eigenvalue weighted by atomic mass is 19.2. The number of likely N-dealkylation sites (tertiary alicyclic amines) is 1. The summed E-state index contributed by atoms with van der Waals surface area (Å²) in [4.78, 5) is 27.3. The highest BCUT2D eigenvalue weighted by Crippen LogP contribution is 2.35. The van der Waals surface area contributed by atoms with Crippen molar-refractivity contribution in [3.63, 3.8) is 0 Å². The van der Waals surface area contributed by atoms with Gasteiger partial charge in [0, 0.05) is 20.1 Å². The molecule has 124 valence electrons. The van der Waals surface area contributed by atoms with E-state index in [2.05, 4.69) is 0 Å². The van der Waals surface area contributed by atoms with Crippen molar-refractivity contribution in [3.8, 4) is 5.75 Å². The number of alkyl halides is 1. The highest BCUT2D eigenvalue weighted by Gasteiger charge is 2.49. The number of methoxy groups -OCH3 is 1. The summed E-state index contributed by atoms with van der Waals surface area (Å²) >= 11 is 0. The molecular weight excluding hydrogens is 303 g/mol. The van der Waals surface area contributed by atoms with Crippen LogP contribution in [0.15, 0.2) is 18.2 Å². The molecule has 7 heteroatoms. The molecule has 1 saturated heterocycles. The standard InChI is InChI=1S/C16H19FN2O4/c1-18-13-6-5-12(22-2)9-11(13)10-16(17,23-15(18)21)14(20)19-7-3-4-8-19/h5-6,9H,3-4,7-8,10H2,1-2H3. The van der Waals surface area contributed by atoms with Gasteiger partial charge < -0.3 is 14.4 Å². The minimum Gasteiger partial charge on any atom is -0.497 e. The molecule has 0 spiro atoms. The normalized spacial score (nSPS) is 24.0. The number of carbonyl (C=O) groups is 2. The van der Waals surface area contributed by atoms with Gasteiger partial charge in [-0.1, -0.05) is 0 Å². The molecule has 0 aliphatic carbocycles. The van der Waals surface area contributed by atoms with Crippen molar-refractivity contribution in [1.29, 1.82) is 0 Å². The van der Waals surface area contributed by atoms with E-state index in [0.29, 0.717) is 30.1 Å². The monoisotopic (exact) mass is 322 g/mol. The van der Waals surface area contributed by atoms with Gasteiger partial charge in [-0.15, -0.1) is 0 Å². The van der Waals surface area contributed by atoms with Gasteiger partial charge >= 0.3 is 17.9 Å². The SMILES string of the molecule is COc1ccc2c(c1)CC(F)(C(=O)N1CCCC1)OC(=O)N2C. The van der Waals surface area contributed by atoms with Crippen molar-refractivity contribution in [1.82, 2.24) is 4.90 Å². The van der Waals surface area contributed by atoms with E-state index >= 15 is 4.39 Å². The highest BCUT2D eigenvalue weighted by molar-refractivity contribution is 5.94. The lowest BCUT2D eigenvalue weighted by Crippen LogP contribution is -2.49. The second kappa shape index (κ2) is 5.72. The molecule has 0 radical (unpaired) electrons. The predicted molar refractivity (Wildman–Crippen MR) is 81.2 cm³/mol. The predicted octanol–water partition coefficient (Wildman–Crippen LogP) is 2.11. The van der Waals surface area contributed by atoms with Crippen molar-refractivity contribution in [3.05, 3.63) is 23.8 Å². The number of cyclic esters (lactones) is 1. The van der Waals surface area contributed by atoms with Crippen LogP contribution in [0.2, 0.25) is 0 Å². The van der Waals surface area contributed by atoms with Crippen LogP contribution in [0, 0.1) is 0 Å². The van der Waals surface area contributed by atoms with Crippen LogP contribution in [0.25, 0.3) is 0 Å². The number of ether oxygens (including phenoxy) is 2. The Labute approximate surface area is 133 Å². The number of hydrogen-bond donors (Lipinski definition) is 0. The summed E-state index contributed by atoms with van der Waals surface area (Å²) in [5.74, 6) is -2.94. The number of benzene rings is 1. The summed E-state index contributed by atoms with van der Waals surface area (Å²) < 4.78 is 25.4. The van der Waals surface area contributed by atoms with E-state index in [1.807, 2.05) is 0 Å². The van der Waals surface area contributed by atoms with Crippen LogP contribution in [-0.4, -0.2) is 50.0 Å². The van der Waals surface area contributed by atoms with E-state index in [1.165, 1.54) is 24.0 Å². The van der Waals surface area contributed by atoms with Gasteiger partial charge in [0.05, 0.1) is 19.2 Å². The fourth-order valence-corrected chi connectivity index (χ4v) is 3.02. The van der Waals surface area contributed by atoms with E-state index in [1.54, 1.807) is 18.2 Å². The molecule has 2 aliphatic heterocycles. The third kappa shape index (κ3) is 2.71. The Bertz CT molecular complexity index is 645. The second-order valence-electron chi connectivity index (χ2n) is 5.83. The zero-order chi connectivity index (χ0) is 16.6. The molecule has 2 aliphatic rings. The van der Waals surface area contributed by atoms with Gasteiger partial charge in [0.2, 0.25) is 0 Å². The number of fused-ring (bicyclic) bond motifs is 1. The zero-order valence-electron chi connectivity index (χ0n) is 13.2. The molecule has 1 fully saturated rings. The van der Waals surface area contributed by atoms with Crippen LogP contribution in [0.5, 0.6) is 5.75 Å². The zero-order valence-corrected chi connectivity index (χ0v) is 13.2. The van der Waals surface area contributed by atoms with E-state index in [9.17, 15) is 9.59 Å². The third-order valence-electron chi connectivity index (χ3n) is 4.30. The van der Waals surface area contributed by atoms with E-state index in [-0.39, 0.29) is 6.42 Å². The van der Waals surface area contributed by atoms with Gasteiger partial charge in [-0.05, 0) is 36.6 Å². The van der Waals surface area contributed by atoms with Crippen molar-refractivity contribution in [2.45, 2.75) is 25.1 Å². The third-order valence-corrected chi connectivity index (χ3v) is 4.30. The molecule has 6 nitrogen and oxygen atoms in total.